The first kappa shape index (κ1) is 14.8. The van der Waals surface area contributed by atoms with Gasteiger partial charge >= 0.3 is 0 Å². The van der Waals surface area contributed by atoms with E-state index in [1.807, 2.05) is 13.0 Å². The third-order valence-corrected chi connectivity index (χ3v) is 5.82. The van der Waals surface area contributed by atoms with E-state index in [0.717, 1.165) is 31.2 Å². The second kappa shape index (κ2) is 5.56. The molecule has 2 fully saturated rings. The van der Waals surface area contributed by atoms with Crippen molar-refractivity contribution >= 4 is 22.6 Å². The van der Waals surface area contributed by atoms with Crippen molar-refractivity contribution in [1.82, 2.24) is 0 Å². The van der Waals surface area contributed by atoms with Gasteiger partial charge in [-0.15, -0.1) is 0 Å². The Bertz CT molecular complexity index is 502. The molecule has 1 aromatic rings. The van der Waals surface area contributed by atoms with Crippen molar-refractivity contribution < 1.29 is 9.13 Å². The maximum atomic E-state index is 13.8. The molecule has 0 bridgehead atoms. The summed E-state index contributed by atoms with van der Waals surface area (Å²) in [5.74, 6) is 0.439. The molecule has 3 rings (SSSR count). The van der Waals surface area contributed by atoms with Crippen LogP contribution in [0.2, 0.25) is 0 Å². The molecule has 0 spiro atoms. The number of benzene rings is 1. The molecule has 3 heteroatoms. The van der Waals surface area contributed by atoms with Gasteiger partial charge < -0.3 is 4.74 Å². The Morgan fingerprint density at radius 3 is 2.45 bits per heavy atom. The second-order valence-corrected chi connectivity index (χ2v) is 7.77. The predicted molar refractivity (Wildman–Crippen MR) is 87.6 cm³/mol. The number of hydrogen-bond donors (Lipinski definition) is 0. The molecular weight excluding hydrogens is 366 g/mol. The minimum atomic E-state index is -0.0655. The number of hydrogen-bond acceptors (Lipinski definition) is 1. The minimum absolute atomic E-state index is 0.0655. The number of ether oxygens (including phenoxy) is 1. The Hall–Kier alpha value is -0.160. The van der Waals surface area contributed by atoms with Gasteiger partial charge in [0.05, 0.1) is 11.7 Å². The van der Waals surface area contributed by atoms with Crippen LogP contribution >= 0.6 is 22.6 Å². The number of rotatable bonds is 3. The molecule has 1 aromatic carbocycles. The van der Waals surface area contributed by atoms with Crippen LogP contribution < -0.4 is 0 Å². The smallest absolute Gasteiger partial charge is 0.126 e. The first-order chi connectivity index (χ1) is 9.48. The third-order valence-electron chi connectivity index (χ3n) is 4.88. The standard InChI is InChI=1S/C17H22FIO/c1-11-14(18)7-8-15(19)16(11)12-3-5-13(6-4-12)20-17(2)9-10-17/h7-8,12-13H,3-6,9-10H2,1-2H3. The van der Waals surface area contributed by atoms with E-state index in [0.29, 0.717) is 12.0 Å². The van der Waals surface area contributed by atoms with Crippen LogP contribution in [0.15, 0.2) is 12.1 Å². The molecular formula is C17H22FIO. The van der Waals surface area contributed by atoms with Gasteiger partial charge in [-0.1, -0.05) is 0 Å². The van der Waals surface area contributed by atoms with Crippen LogP contribution in [0.5, 0.6) is 0 Å². The summed E-state index contributed by atoms with van der Waals surface area (Å²) in [4.78, 5) is 0. The van der Waals surface area contributed by atoms with Crippen molar-refractivity contribution in [2.24, 2.45) is 0 Å². The van der Waals surface area contributed by atoms with E-state index in [1.54, 1.807) is 6.07 Å². The Morgan fingerprint density at radius 1 is 1.20 bits per heavy atom. The van der Waals surface area contributed by atoms with Crippen molar-refractivity contribution in [2.75, 3.05) is 0 Å². The van der Waals surface area contributed by atoms with Gasteiger partial charge in [-0.05, 0) is 104 Å². The second-order valence-electron chi connectivity index (χ2n) is 6.61. The summed E-state index contributed by atoms with van der Waals surface area (Å²) in [5, 5.41) is 0. The maximum absolute atomic E-state index is 13.8. The minimum Gasteiger partial charge on any atom is -0.372 e. The lowest BCUT2D eigenvalue weighted by Crippen LogP contribution is -2.26. The zero-order valence-corrected chi connectivity index (χ0v) is 14.4. The van der Waals surface area contributed by atoms with Gasteiger partial charge in [0, 0.05) is 3.57 Å². The summed E-state index contributed by atoms with van der Waals surface area (Å²) >= 11 is 2.34. The molecule has 2 aliphatic carbocycles. The molecule has 0 heterocycles. The zero-order chi connectivity index (χ0) is 14.3. The highest BCUT2D eigenvalue weighted by atomic mass is 127. The lowest BCUT2D eigenvalue weighted by Gasteiger charge is -2.32. The SMILES string of the molecule is Cc1c(F)ccc(I)c1C1CCC(OC2(C)CC2)CC1. The van der Waals surface area contributed by atoms with Gasteiger partial charge in [0.15, 0.2) is 0 Å². The van der Waals surface area contributed by atoms with Crippen LogP contribution in [-0.2, 0) is 4.74 Å². The fourth-order valence-electron chi connectivity index (χ4n) is 3.34. The van der Waals surface area contributed by atoms with Gasteiger partial charge in [-0.2, -0.15) is 0 Å². The van der Waals surface area contributed by atoms with Gasteiger partial charge in [0.25, 0.3) is 0 Å². The van der Waals surface area contributed by atoms with E-state index in [-0.39, 0.29) is 11.4 Å². The Kier molecular flexibility index (Phi) is 4.10. The van der Waals surface area contributed by atoms with Crippen molar-refractivity contribution in [3.8, 4) is 0 Å². The molecule has 0 saturated heterocycles. The van der Waals surface area contributed by atoms with E-state index >= 15 is 0 Å². The molecule has 0 N–H and O–H groups in total. The Labute approximate surface area is 134 Å². The lowest BCUT2D eigenvalue weighted by atomic mass is 9.81. The lowest BCUT2D eigenvalue weighted by molar-refractivity contribution is -0.0390. The largest absolute Gasteiger partial charge is 0.372 e. The zero-order valence-electron chi connectivity index (χ0n) is 12.2. The van der Waals surface area contributed by atoms with Crippen LogP contribution in [0, 0.1) is 16.3 Å². The summed E-state index contributed by atoms with van der Waals surface area (Å²) in [6, 6.07) is 3.50. The van der Waals surface area contributed by atoms with Crippen molar-refractivity contribution in [3.63, 3.8) is 0 Å². The van der Waals surface area contributed by atoms with E-state index in [9.17, 15) is 4.39 Å². The third kappa shape index (κ3) is 3.03. The van der Waals surface area contributed by atoms with E-state index in [1.165, 1.54) is 22.0 Å². The fourth-order valence-corrected chi connectivity index (χ4v) is 4.36. The Balaban J connectivity index is 1.67. The fraction of sp³-hybridized carbons (Fsp3) is 0.647. The summed E-state index contributed by atoms with van der Waals surface area (Å²) in [6.45, 7) is 4.14. The van der Waals surface area contributed by atoms with Crippen molar-refractivity contribution in [2.45, 2.75) is 70.0 Å². The normalized spacial score (nSPS) is 28.4. The van der Waals surface area contributed by atoms with Gasteiger partial charge in [-0.25, -0.2) is 4.39 Å². The molecule has 110 valence electrons. The predicted octanol–water partition coefficient (Wildman–Crippen LogP) is 5.33. The molecule has 0 atom stereocenters. The number of halogens is 2. The molecule has 0 amide bonds. The van der Waals surface area contributed by atoms with E-state index < -0.39 is 0 Å². The average molecular weight is 388 g/mol. The van der Waals surface area contributed by atoms with Gasteiger partial charge in [0.2, 0.25) is 0 Å². The maximum Gasteiger partial charge on any atom is 0.126 e. The molecule has 20 heavy (non-hydrogen) atoms. The summed E-state index contributed by atoms with van der Waals surface area (Å²) in [7, 11) is 0. The summed E-state index contributed by atoms with van der Waals surface area (Å²) < 4.78 is 21.2. The monoisotopic (exact) mass is 388 g/mol. The molecule has 2 saturated carbocycles. The molecule has 0 radical (unpaired) electrons. The highest BCUT2D eigenvalue weighted by Crippen LogP contribution is 2.44. The van der Waals surface area contributed by atoms with Crippen LogP contribution in [0.1, 0.15) is 62.5 Å². The van der Waals surface area contributed by atoms with Gasteiger partial charge in [-0.3, -0.25) is 0 Å². The van der Waals surface area contributed by atoms with Crippen LogP contribution in [-0.4, -0.2) is 11.7 Å². The summed E-state index contributed by atoms with van der Waals surface area (Å²) in [5.41, 5.74) is 2.26. The van der Waals surface area contributed by atoms with Crippen LogP contribution in [0.25, 0.3) is 0 Å². The van der Waals surface area contributed by atoms with E-state index in [4.69, 9.17) is 4.74 Å². The highest BCUT2D eigenvalue weighted by molar-refractivity contribution is 14.1. The first-order valence-corrected chi connectivity index (χ1v) is 8.69. The summed E-state index contributed by atoms with van der Waals surface area (Å²) in [6.07, 6.45) is 7.34. The molecule has 0 aliphatic heterocycles. The molecule has 2 aliphatic rings. The topological polar surface area (TPSA) is 9.23 Å². The van der Waals surface area contributed by atoms with E-state index in [2.05, 4.69) is 29.5 Å². The van der Waals surface area contributed by atoms with Crippen LogP contribution in [0.3, 0.4) is 0 Å². The van der Waals surface area contributed by atoms with Crippen molar-refractivity contribution in [1.29, 1.82) is 0 Å². The van der Waals surface area contributed by atoms with Crippen molar-refractivity contribution in [3.05, 3.63) is 32.6 Å². The molecule has 1 nitrogen and oxygen atoms in total. The quantitative estimate of drug-likeness (QED) is 0.636. The average Bonchev–Trinajstić information content (AvgIpc) is 3.14. The Morgan fingerprint density at radius 2 is 1.85 bits per heavy atom. The van der Waals surface area contributed by atoms with Gasteiger partial charge in [0.1, 0.15) is 5.82 Å². The first-order valence-electron chi connectivity index (χ1n) is 7.61. The molecule has 0 aromatic heterocycles. The highest BCUT2D eigenvalue weighted by Gasteiger charge is 2.41. The molecule has 0 unspecified atom stereocenters. The van der Waals surface area contributed by atoms with Crippen LogP contribution in [0.4, 0.5) is 4.39 Å².